The molecular weight excluding hydrogens is 288 g/mol. The van der Waals surface area contributed by atoms with E-state index in [-0.39, 0.29) is 22.8 Å². The Morgan fingerprint density at radius 1 is 1.29 bits per heavy atom. The van der Waals surface area contributed by atoms with Crippen LogP contribution >= 0.6 is 11.8 Å². The molecule has 0 aliphatic heterocycles. The molecule has 0 aliphatic carbocycles. The highest BCUT2D eigenvalue weighted by Gasteiger charge is 2.20. The van der Waals surface area contributed by atoms with E-state index in [0.717, 1.165) is 0 Å². The van der Waals surface area contributed by atoms with E-state index >= 15 is 0 Å². The van der Waals surface area contributed by atoms with Gasteiger partial charge in [0, 0.05) is 24.1 Å². The molecule has 0 aromatic carbocycles. The summed E-state index contributed by atoms with van der Waals surface area (Å²) in [5.41, 5.74) is 11.9. The number of nitrogens with one attached hydrogen (secondary N) is 1. The number of nitrogens with two attached hydrogens (primary N) is 2. The van der Waals surface area contributed by atoms with Crippen molar-refractivity contribution in [2.75, 3.05) is 16.8 Å². The second-order valence-corrected chi connectivity index (χ2v) is 5.41. The van der Waals surface area contributed by atoms with Crippen LogP contribution in [0, 0.1) is 0 Å². The average molecular weight is 304 g/mol. The van der Waals surface area contributed by atoms with E-state index in [9.17, 15) is 4.79 Å². The van der Waals surface area contributed by atoms with Gasteiger partial charge in [-0.15, -0.1) is 0 Å². The van der Waals surface area contributed by atoms with Crippen molar-refractivity contribution in [1.29, 1.82) is 0 Å². The Balaban J connectivity index is 2.07. The quantitative estimate of drug-likeness (QED) is 0.566. The number of nitrogen functional groups attached to an aromatic ring is 2. The van der Waals surface area contributed by atoms with E-state index in [0.29, 0.717) is 17.3 Å². The molecular formula is C13H16N6OS. The lowest BCUT2D eigenvalue weighted by atomic mass is 10.3. The van der Waals surface area contributed by atoms with Gasteiger partial charge in [-0.3, -0.25) is 9.78 Å². The summed E-state index contributed by atoms with van der Waals surface area (Å²) in [4.78, 5) is 24.3. The molecule has 8 heteroatoms. The summed E-state index contributed by atoms with van der Waals surface area (Å²) < 4.78 is 0. The van der Waals surface area contributed by atoms with Gasteiger partial charge in [0.15, 0.2) is 5.16 Å². The number of thioether (sulfide) groups is 1. The summed E-state index contributed by atoms with van der Waals surface area (Å²) in [6, 6.07) is 4.93. The van der Waals surface area contributed by atoms with Crippen LogP contribution in [0.5, 0.6) is 0 Å². The van der Waals surface area contributed by atoms with Crippen LogP contribution in [-0.4, -0.2) is 26.1 Å². The largest absolute Gasteiger partial charge is 0.383 e. The van der Waals surface area contributed by atoms with Crippen molar-refractivity contribution in [1.82, 2.24) is 15.0 Å². The standard InChI is InChI=1S/C13H16N6OS/c1-2-9(12(20)17-8-3-5-16-6-4-8)21-13-18-10(14)7-11(15)19-13/h3-7,9H,2H2,1H3,(H,16,17,20)(H4,14,15,18,19). The molecule has 1 atom stereocenters. The summed E-state index contributed by atoms with van der Waals surface area (Å²) >= 11 is 1.23. The molecule has 7 nitrogen and oxygen atoms in total. The van der Waals surface area contributed by atoms with Crippen molar-refractivity contribution in [3.63, 3.8) is 0 Å². The number of amides is 1. The number of carbonyl (C=O) groups excluding carboxylic acids is 1. The molecule has 0 fully saturated rings. The molecule has 5 N–H and O–H groups in total. The fourth-order valence-corrected chi connectivity index (χ4v) is 2.53. The monoisotopic (exact) mass is 304 g/mol. The molecule has 0 spiro atoms. The first-order valence-electron chi connectivity index (χ1n) is 6.36. The van der Waals surface area contributed by atoms with Crippen molar-refractivity contribution in [2.24, 2.45) is 0 Å². The molecule has 21 heavy (non-hydrogen) atoms. The van der Waals surface area contributed by atoms with Crippen molar-refractivity contribution < 1.29 is 4.79 Å². The molecule has 2 aromatic rings. The van der Waals surface area contributed by atoms with Gasteiger partial charge in [-0.1, -0.05) is 18.7 Å². The van der Waals surface area contributed by atoms with E-state index < -0.39 is 0 Å². The van der Waals surface area contributed by atoms with Gasteiger partial charge in [0.2, 0.25) is 5.91 Å². The van der Waals surface area contributed by atoms with E-state index in [2.05, 4.69) is 20.3 Å². The first-order chi connectivity index (χ1) is 10.1. The maximum Gasteiger partial charge on any atom is 0.237 e. The minimum absolute atomic E-state index is 0.127. The Morgan fingerprint density at radius 2 is 1.90 bits per heavy atom. The van der Waals surface area contributed by atoms with E-state index in [1.165, 1.54) is 17.8 Å². The van der Waals surface area contributed by atoms with E-state index in [1.807, 2.05) is 6.92 Å². The number of carbonyl (C=O) groups is 1. The molecule has 110 valence electrons. The van der Waals surface area contributed by atoms with Crippen molar-refractivity contribution in [3.05, 3.63) is 30.6 Å². The van der Waals surface area contributed by atoms with Gasteiger partial charge in [-0.25, -0.2) is 9.97 Å². The fourth-order valence-electron chi connectivity index (χ4n) is 1.62. The normalized spacial score (nSPS) is 11.9. The van der Waals surface area contributed by atoms with Gasteiger partial charge in [0.25, 0.3) is 0 Å². The lowest BCUT2D eigenvalue weighted by molar-refractivity contribution is -0.115. The SMILES string of the molecule is CCC(Sc1nc(N)cc(N)n1)C(=O)Nc1ccncc1. The summed E-state index contributed by atoms with van der Waals surface area (Å²) in [6.45, 7) is 1.92. The van der Waals surface area contributed by atoms with E-state index in [1.54, 1.807) is 24.5 Å². The van der Waals surface area contributed by atoms with Crippen LogP contribution in [0.15, 0.2) is 35.7 Å². The highest BCUT2D eigenvalue weighted by Crippen LogP contribution is 2.24. The van der Waals surface area contributed by atoms with Crippen LogP contribution in [0.1, 0.15) is 13.3 Å². The third-order valence-electron chi connectivity index (χ3n) is 2.60. The number of pyridine rings is 1. The highest BCUT2D eigenvalue weighted by molar-refractivity contribution is 8.00. The van der Waals surface area contributed by atoms with Crippen LogP contribution in [0.4, 0.5) is 17.3 Å². The molecule has 0 saturated heterocycles. The van der Waals surface area contributed by atoms with E-state index in [4.69, 9.17) is 11.5 Å². The zero-order valence-electron chi connectivity index (χ0n) is 11.5. The number of rotatable bonds is 5. The molecule has 1 amide bonds. The number of hydrogen-bond donors (Lipinski definition) is 3. The maximum absolute atomic E-state index is 12.2. The molecule has 2 rings (SSSR count). The fraction of sp³-hybridized carbons (Fsp3) is 0.231. The van der Waals surface area contributed by atoms with Crippen LogP contribution in [0.25, 0.3) is 0 Å². The first-order valence-corrected chi connectivity index (χ1v) is 7.24. The molecule has 2 aromatic heterocycles. The van der Waals surface area contributed by atoms with Crippen LogP contribution in [0.3, 0.4) is 0 Å². The zero-order chi connectivity index (χ0) is 15.2. The summed E-state index contributed by atoms with van der Waals surface area (Å²) in [5, 5.41) is 2.88. The van der Waals surface area contributed by atoms with Crippen LogP contribution in [-0.2, 0) is 4.79 Å². The molecule has 0 saturated carbocycles. The van der Waals surface area contributed by atoms with Gasteiger partial charge >= 0.3 is 0 Å². The summed E-state index contributed by atoms with van der Waals surface area (Å²) in [6.07, 6.45) is 3.86. The third kappa shape index (κ3) is 4.32. The smallest absolute Gasteiger partial charge is 0.237 e. The number of anilines is 3. The predicted molar refractivity (Wildman–Crippen MR) is 83.7 cm³/mol. The van der Waals surface area contributed by atoms with Gasteiger partial charge in [-0.2, -0.15) is 0 Å². The topological polar surface area (TPSA) is 120 Å². The minimum Gasteiger partial charge on any atom is -0.383 e. The Morgan fingerprint density at radius 3 is 2.48 bits per heavy atom. The van der Waals surface area contributed by atoms with Gasteiger partial charge < -0.3 is 16.8 Å². The summed E-state index contributed by atoms with van der Waals surface area (Å²) in [7, 11) is 0. The van der Waals surface area contributed by atoms with Gasteiger partial charge in [-0.05, 0) is 18.6 Å². The Kier molecular flexibility index (Phi) is 4.94. The third-order valence-corrected chi connectivity index (χ3v) is 3.83. The lowest BCUT2D eigenvalue weighted by Gasteiger charge is -2.14. The Bertz CT molecular complexity index is 601. The van der Waals surface area contributed by atoms with Crippen molar-refractivity contribution in [3.8, 4) is 0 Å². The minimum atomic E-state index is -0.334. The number of aromatic nitrogens is 3. The van der Waals surface area contributed by atoms with Crippen LogP contribution < -0.4 is 16.8 Å². The number of nitrogens with zero attached hydrogens (tertiary/aromatic N) is 3. The van der Waals surface area contributed by atoms with Gasteiger partial charge in [0.05, 0.1) is 5.25 Å². The summed E-state index contributed by atoms with van der Waals surface area (Å²) in [5.74, 6) is 0.446. The predicted octanol–water partition coefficient (Wildman–Crippen LogP) is 1.55. The van der Waals surface area contributed by atoms with Gasteiger partial charge in [0.1, 0.15) is 11.6 Å². The Hall–Kier alpha value is -2.35. The van der Waals surface area contributed by atoms with Crippen molar-refractivity contribution in [2.45, 2.75) is 23.8 Å². The highest BCUT2D eigenvalue weighted by atomic mass is 32.2. The second-order valence-electron chi connectivity index (χ2n) is 4.24. The molecule has 0 bridgehead atoms. The molecule has 2 heterocycles. The first kappa shape index (κ1) is 15.0. The second kappa shape index (κ2) is 6.89. The lowest BCUT2D eigenvalue weighted by Crippen LogP contribution is -2.25. The zero-order valence-corrected chi connectivity index (χ0v) is 12.3. The molecule has 0 aliphatic rings. The molecule has 1 unspecified atom stereocenters. The number of hydrogen-bond acceptors (Lipinski definition) is 7. The van der Waals surface area contributed by atoms with Crippen molar-refractivity contribution >= 4 is 35.0 Å². The average Bonchev–Trinajstić information content (AvgIpc) is 2.44. The Labute approximate surface area is 126 Å². The maximum atomic E-state index is 12.2. The van der Waals surface area contributed by atoms with Crippen LogP contribution in [0.2, 0.25) is 0 Å². The molecule has 0 radical (unpaired) electrons.